The lowest BCUT2D eigenvalue weighted by Gasteiger charge is -2.33. The van der Waals surface area contributed by atoms with E-state index in [1.165, 1.54) is 24.1 Å². The number of likely N-dealkylation sites (N-methyl/N-ethyl adjacent to an activating group) is 1. The Hall–Kier alpha value is -3.37. The van der Waals surface area contributed by atoms with Crippen LogP contribution in [-0.4, -0.2) is 44.8 Å². The Bertz CT molecular complexity index is 1640. The molecule has 7 nitrogen and oxygen atoms in total. The molecule has 0 spiro atoms. The fraction of sp³-hybridized carbons (Fsp3) is 0.161. The number of rotatable bonds is 11. The van der Waals surface area contributed by atoms with Gasteiger partial charge in [-0.2, -0.15) is 0 Å². The first-order valence-corrected chi connectivity index (χ1v) is 15.9. The Labute approximate surface area is 264 Å². The maximum atomic E-state index is 14.3. The molecule has 0 saturated carbocycles. The summed E-state index contributed by atoms with van der Waals surface area (Å²) in [4.78, 5) is 29.0. The van der Waals surface area contributed by atoms with Gasteiger partial charge in [-0.05, 0) is 59.7 Å². The number of hydrogen-bond donors (Lipinski definition) is 1. The molecule has 0 heterocycles. The molecule has 0 radical (unpaired) electrons. The fourth-order valence-corrected chi connectivity index (χ4v) is 6.58. The van der Waals surface area contributed by atoms with E-state index in [9.17, 15) is 18.0 Å². The zero-order valence-corrected chi connectivity index (χ0v) is 26.5. The van der Waals surface area contributed by atoms with Crippen molar-refractivity contribution in [2.24, 2.45) is 0 Å². The van der Waals surface area contributed by atoms with Crippen molar-refractivity contribution >= 4 is 66.7 Å². The highest BCUT2D eigenvalue weighted by molar-refractivity contribution is 9.10. The molecule has 4 aromatic carbocycles. The van der Waals surface area contributed by atoms with Crippen LogP contribution in [0.15, 0.2) is 112 Å². The first kappa shape index (κ1) is 31.6. The van der Waals surface area contributed by atoms with Gasteiger partial charge in [-0.25, -0.2) is 8.42 Å². The summed E-state index contributed by atoms with van der Waals surface area (Å²) in [5.41, 5.74) is 1.67. The normalized spacial score (nSPS) is 11.9. The summed E-state index contributed by atoms with van der Waals surface area (Å²) in [5, 5.41) is 3.39. The number of nitrogens with zero attached hydrogens (tertiary/aromatic N) is 2. The molecular formula is C31H28BrCl2N3O4S. The van der Waals surface area contributed by atoms with Crippen LogP contribution in [0.25, 0.3) is 0 Å². The molecule has 0 bridgehead atoms. The van der Waals surface area contributed by atoms with Crippen LogP contribution in [0.2, 0.25) is 10.0 Å². The number of halogens is 3. The Morgan fingerprint density at radius 1 is 0.881 bits per heavy atom. The van der Waals surface area contributed by atoms with Crippen molar-refractivity contribution in [2.75, 3.05) is 17.9 Å². The topological polar surface area (TPSA) is 86.8 Å². The smallest absolute Gasteiger partial charge is 0.264 e. The maximum Gasteiger partial charge on any atom is 0.264 e. The summed E-state index contributed by atoms with van der Waals surface area (Å²) in [5.74, 6) is -0.994. The average molecular weight is 689 g/mol. The van der Waals surface area contributed by atoms with Gasteiger partial charge >= 0.3 is 0 Å². The lowest BCUT2D eigenvalue weighted by molar-refractivity contribution is -0.139. The van der Waals surface area contributed by atoms with Crippen molar-refractivity contribution in [3.05, 3.63) is 129 Å². The summed E-state index contributed by atoms with van der Waals surface area (Å²) in [6.07, 6.45) is 0.196. The van der Waals surface area contributed by atoms with Crippen LogP contribution in [0.5, 0.6) is 0 Å². The molecular weight excluding hydrogens is 661 g/mol. The second-order valence-corrected chi connectivity index (χ2v) is 13.0. The van der Waals surface area contributed by atoms with E-state index in [0.29, 0.717) is 21.3 Å². The minimum atomic E-state index is -4.17. The Morgan fingerprint density at radius 3 is 2.10 bits per heavy atom. The van der Waals surface area contributed by atoms with Gasteiger partial charge in [0.2, 0.25) is 11.8 Å². The van der Waals surface area contributed by atoms with E-state index in [0.717, 1.165) is 14.3 Å². The Kier molecular flexibility index (Phi) is 10.7. The molecule has 11 heteroatoms. The monoisotopic (exact) mass is 687 g/mol. The summed E-state index contributed by atoms with van der Waals surface area (Å²) in [6, 6.07) is 27.7. The third kappa shape index (κ3) is 7.72. The van der Waals surface area contributed by atoms with Crippen LogP contribution in [0, 0.1) is 0 Å². The fourth-order valence-electron chi connectivity index (χ4n) is 4.41. The molecule has 0 aliphatic rings. The van der Waals surface area contributed by atoms with Gasteiger partial charge in [0.25, 0.3) is 10.0 Å². The van der Waals surface area contributed by atoms with E-state index < -0.39 is 34.4 Å². The van der Waals surface area contributed by atoms with Gasteiger partial charge in [0.15, 0.2) is 0 Å². The van der Waals surface area contributed by atoms with Crippen molar-refractivity contribution in [3.8, 4) is 0 Å². The Morgan fingerprint density at radius 2 is 1.50 bits per heavy atom. The molecule has 0 saturated heterocycles. The van der Waals surface area contributed by atoms with Gasteiger partial charge in [0, 0.05) is 34.5 Å². The second-order valence-electron chi connectivity index (χ2n) is 9.38. The largest absolute Gasteiger partial charge is 0.357 e. The van der Waals surface area contributed by atoms with Crippen LogP contribution in [-0.2, 0) is 32.6 Å². The molecule has 4 rings (SSSR count). The molecule has 218 valence electrons. The minimum absolute atomic E-state index is 0.0279. The second kappa shape index (κ2) is 14.2. The highest BCUT2D eigenvalue weighted by Crippen LogP contribution is 2.28. The molecule has 0 aromatic heterocycles. The van der Waals surface area contributed by atoms with Gasteiger partial charge in [0.1, 0.15) is 12.6 Å². The number of amides is 2. The van der Waals surface area contributed by atoms with E-state index in [-0.39, 0.29) is 17.9 Å². The van der Waals surface area contributed by atoms with Crippen molar-refractivity contribution < 1.29 is 18.0 Å². The highest BCUT2D eigenvalue weighted by atomic mass is 79.9. The van der Waals surface area contributed by atoms with E-state index in [1.807, 2.05) is 30.3 Å². The van der Waals surface area contributed by atoms with E-state index >= 15 is 0 Å². The van der Waals surface area contributed by atoms with Crippen molar-refractivity contribution in [3.63, 3.8) is 0 Å². The van der Waals surface area contributed by atoms with Gasteiger partial charge in [-0.15, -0.1) is 0 Å². The van der Waals surface area contributed by atoms with E-state index in [1.54, 1.807) is 60.7 Å². The zero-order valence-electron chi connectivity index (χ0n) is 22.6. The maximum absolute atomic E-state index is 14.3. The van der Waals surface area contributed by atoms with E-state index in [4.69, 9.17) is 23.2 Å². The van der Waals surface area contributed by atoms with Gasteiger partial charge in [-0.1, -0.05) is 93.7 Å². The number of benzene rings is 4. The number of anilines is 1. The standard InChI is InChI=1S/C31H28BrCl2N3O4S/c1-35-31(39)29(18-22-8-4-2-5-9-22)36(20-23-12-15-25(33)19-28(23)34)30(38)21-37(26-16-13-24(32)14-17-26)42(40,41)27-10-6-3-7-11-27/h2-17,19,29H,18,20-21H2,1H3,(H,35,39)/t29-/m0/s1. The van der Waals surface area contributed by atoms with Gasteiger partial charge < -0.3 is 10.2 Å². The van der Waals surface area contributed by atoms with Crippen molar-refractivity contribution in [1.82, 2.24) is 10.2 Å². The molecule has 0 aliphatic heterocycles. The molecule has 4 aromatic rings. The molecule has 0 fully saturated rings. The highest BCUT2D eigenvalue weighted by Gasteiger charge is 2.34. The Balaban J connectivity index is 1.79. The van der Waals surface area contributed by atoms with Crippen molar-refractivity contribution in [2.45, 2.75) is 23.9 Å². The van der Waals surface area contributed by atoms with Crippen LogP contribution < -0.4 is 9.62 Å². The third-order valence-electron chi connectivity index (χ3n) is 6.60. The molecule has 0 unspecified atom stereocenters. The summed E-state index contributed by atoms with van der Waals surface area (Å²) < 4.78 is 29.6. The number of carbonyl (C=O) groups is 2. The predicted molar refractivity (Wildman–Crippen MR) is 170 cm³/mol. The molecule has 0 aliphatic carbocycles. The number of nitrogens with one attached hydrogen (secondary N) is 1. The van der Waals surface area contributed by atoms with Crippen LogP contribution in [0.3, 0.4) is 0 Å². The minimum Gasteiger partial charge on any atom is -0.357 e. The molecule has 42 heavy (non-hydrogen) atoms. The zero-order chi connectivity index (χ0) is 30.3. The van der Waals surface area contributed by atoms with Crippen LogP contribution in [0.1, 0.15) is 11.1 Å². The summed E-state index contributed by atoms with van der Waals surface area (Å²) >= 11 is 16.0. The van der Waals surface area contributed by atoms with E-state index in [2.05, 4.69) is 21.2 Å². The summed E-state index contributed by atoms with van der Waals surface area (Å²) in [6.45, 7) is -0.619. The molecule has 2 amide bonds. The number of carbonyl (C=O) groups excluding carboxylic acids is 2. The third-order valence-corrected chi connectivity index (χ3v) is 9.50. The van der Waals surface area contributed by atoms with Crippen molar-refractivity contribution in [1.29, 1.82) is 0 Å². The predicted octanol–water partition coefficient (Wildman–Crippen LogP) is 6.34. The lowest BCUT2D eigenvalue weighted by atomic mass is 10.0. The number of sulfonamides is 1. The van der Waals surface area contributed by atoms with Crippen LogP contribution in [0.4, 0.5) is 5.69 Å². The lowest BCUT2D eigenvalue weighted by Crippen LogP contribution is -2.53. The SMILES string of the molecule is CNC(=O)[C@H](Cc1ccccc1)N(Cc1ccc(Cl)cc1Cl)C(=O)CN(c1ccc(Br)cc1)S(=O)(=O)c1ccccc1. The number of hydrogen-bond acceptors (Lipinski definition) is 4. The molecule has 1 atom stereocenters. The van der Waals surface area contributed by atoms with Gasteiger partial charge in [-0.3, -0.25) is 13.9 Å². The van der Waals surface area contributed by atoms with Crippen LogP contribution >= 0.6 is 39.1 Å². The first-order valence-electron chi connectivity index (χ1n) is 12.9. The quantitative estimate of drug-likeness (QED) is 0.199. The summed E-state index contributed by atoms with van der Waals surface area (Å²) in [7, 11) is -2.67. The first-order chi connectivity index (χ1) is 20.1. The van der Waals surface area contributed by atoms with Gasteiger partial charge in [0.05, 0.1) is 10.6 Å². The molecule has 1 N–H and O–H groups in total. The average Bonchev–Trinajstić information content (AvgIpc) is 2.99.